The molecular weight excluding hydrogens is 328 g/mol. The van der Waals surface area contributed by atoms with E-state index in [4.69, 9.17) is 13.9 Å². The molecule has 0 bridgehead atoms. The molecule has 0 aliphatic carbocycles. The number of benzene rings is 1. The van der Waals surface area contributed by atoms with Crippen LogP contribution in [0.15, 0.2) is 46.2 Å². The van der Waals surface area contributed by atoms with Crippen LogP contribution in [-0.4, -0.2) is 22.8 Å². The van der Waals surface area contributed by atoms with Gasteiger partial charge in [-0.1, -0.05) is 6.07 Å². The summed E-state index contributed by atoms with van der Waals surface area (Å²) in [6.45, 7) is 4.17. The van der Waals surface area contributed by atoms with E-state index in [1.807, 2.05) is 24.4 Å². The molecule has 3 rings (SSSR count). The molecule has 0 aliphatic heterocycles. The van der Waals surface area contributed by atoms with E-state index in [-0.39, 0.29) is 5.89 Å². The van der Waals surface area contributed by atoms with E-state index in [2.05, 4.69) is 10.2 Å². The molecular formula is C17H16N2O4S. The summed E-state index contributed by atoms with van der Waals surface area (Å²) >= 11 is 1.50. The van der Waals surface area contributed by atoms with Crippen molar-refractivity contribution >= 4 is 17.3 Å². The first-order valence-electron chi connectivity index (χ1n) is 7.48. The summed E-state index contributed by atoms with van der Waals surface area (Å²) in [4.78, 5) is 13.1. The number of ether oxygens (including phenoxy) is 2. The Kier molecular flexibility index (Phi) is 4.90. The van der Waals surface area contributed by atoms with E-state index in [9.17, 15) is 4.79 Å². The van der Waals surface area contributed by atoms with E-state index in [1.165, 1.54) is 11.3 Å². The zero-order chi connectivity index (χ0) is 16.9. The number of carbonyl (C=O) groups is 1. The number of rotatable bonds is 6. The Hall–Kier alpha value is -2.67. The molecule has 0 saturated heterocycles. The highest BCUT2D eigenvalue weighted by Gasteiger charge is 2.20. The second-order valence-electron chi connectivity index (χ2n) is 4.93. The van der Waals surface area contributed by atoms with Crippen LogP contribution in [0.4, 0.5) is 0 Å². The molecule has 0 saturated carbocycles. The van der Waals surface area contributed by atoms with Gasteiger partial charge in [0.05, 0.1) is 17.0 Å². The van der Waals surface area contributed by atoms with Gasteiger partial charge in [0.2, 0.25) is 0 Å². The molecule has 2 aromatic heterocycles. The first kappa shape index (κ1) is 16.2. The summed E-state index contributed by atoms with van der Waals surface area (Å²) in [6.07, 6.45) is -0.634. The highest BCUT2D eigenvalue weighted by molar-refractivity contribution is 7.13. The monoisotopic (exact) mass is 344 g/mol. The zero-order valence-electron chi connectivity index (χ0n) is 13.3. The fraction of sp³-hybridized carbons (Fsp3) is 0.235. The van der Waals surface area contributed by atoms with E-state index >= 15 is 0 Å². The third-order valence-corrected chi connectivity index (χ3v) is 4.06. The van der Waals surface area contributed by atoms with Gasteiger partial charge in [-0.05, 0) is 49.6 Å². The molecule has 124 valence electrons. The maximum Gasteiger partial charge on any atom is 0.338 e. The van der Waals surface area contributed by atoms with Gasteiger partial charge in [-0.15, -0.1) is 21.5 Å². The molecule has 0 radical (unpaired) electrons. The Morgan fingerprint density at radius 3 is 2.71 bits per heavy atom. The second kappa shape index (κ2) is 7.27. The van der Waals surface area contributed by atoms with Crippen LogP contribution in [0.2, 0.25) is 0 Å². The predicted octanol–water partition coefficient (Wildman–Crippen LogP) is 4.11. The van der Waals surface area contributed by atoms with Crippen LogP contribution in [0.25, 0.3) is 10.8 Å². The van der Waals surface area contributed by atoms with Crippen molar-refractivity contribution < 1.29 is 18.7 Å². The van der Waals surface area contributed by atoms with Gasteiger partial charge in [0, 0.05) is 0 Å². The molecule has 24 heavy (non-hydrogen) atoms. The lowest BCUT2D eigenvalue weighted by atomic mass is 10.2. The number of esters is 1. The highest BCUT2D eigenvalue weighted by atomic mass is 32.1. The minimum Gasteiger partial charge on any atom is -0.494 e. The summed E-state index contributed by atoms with van der Waals surface area (Å²) in [5, 5.41) is 9.85. The van der Waals surface area contributed by atoms with Crippen LogP contribution in [0.3, 0.4) is 0 Å². The van der Waals surface area contributed by atoms with E-state index in [0.717, 1.165) is 4.88 Å². The van der Waals surface area contributed by atoms with Gasteiger partial charge in [-0.3, -0.25) is 0 Å². The average Bonchev–Trinajstić information content (AvgIpc) is 3.27. The van der Waals surface area contributed by atoms with Crippen molar-refractivity contribution in [3.8, 4) is 16.5 Å². The minimum absolute atomic E-state index is 0.262. The molecule has 0 unspecified atom stereocenters. The molecule has 1 atom stereocenters. The van der Waals surface area contributed by atoms with Crippen molar-refractivity contribution in [2.45, 2.75) is 20.0 Å². The number of aromatic nitrogens is 2. The predicted molar refractivity (Wildman–Crippen MR) is 89.1 cm³/mol. The molecule has 0 amide bonds. The first-order valence-corrected chi connectivity index (χ1v) is 8.36. The number of nitrogens with zero attached hydrogens (tertiary/aromatic N) is 2. The fourth-order valence-corrected chi connectivity index (χ4v) is 2.68. The van der Waals surface area contributed by atoms with Crippen LogP contribution in [0.1, 0.15) is 36.2 Å². The van der Waals surface area contributed by atoms with Gasteiger partial charge >= 0.3 is 5.97 Å². The summed E-state index contributed by atoms with van der Waals surface area (Å²) in [6, 6.07) is 10.6. The first-order chi connectivity index (χ1) is 11.7. The van der Waals surface area contributed by atoms with E-state index in [1.54, 1.807) is 31.2 Å². The van der Waals surface area contributed by atoms with Crippen LogP contribution in [0.5, 0.6) is 5.75 Å². The van der Waals surface area contributed by atoms with Gasteiger partial charge in [-0.2, -0.15) is 0 Å². The van der Waals surface area contributed by atoms with Gasteiger partial charge in [0.1, 0.15) is 5.75 Å². The third kappa shape index (κ3) is 3.62. The minimum atomic E-state index is -0.634. The van der Waals surface area contributed by atoms with Gasteiger partial charge < -0.3 is 13.9 Å². The standard InChI is InChI=1S/C17H16N2O4S/c1-3-21-13-8-6-12(7-9-13)17(20)22-11(2)15-18-19-16(23-15)14-5-4-10-24-14/h4-11H,3H2,1-2H3/t11-/m1/s1. The normalized spacial score (nSPS) is 11.9. The zero-order valence-corrected chi connectivity index (χ0v) is 14.1. The summed E-state index contributed by atoms with van der Waals surface area (Å²) in [7, 11) is 0. The van der Waals surface area contributed by atoms with Crippen LogP contribution in [0, 0.1) is 0 Å². The molecule has 2 heterocycles. The molecule has 6 nitrogen and oxygen atoms in total. The van der Waals surface area contributed by atoms with Crippen molar-refractivity contribution in [3.05, 3.63) is 53.2 Å². The van der Waals surface area contributed by atoms with E-state index in [0.29, 0.717) is 23.8 Å². The number of carbonyl (C=O) groups excluding carboxylic acids is 1. The van der Waals surface area contributed by atoms with Crippen molar-refractivity contribution in [2.75, 3.05) is 6.61 Å². The van der Waals surface area contributed by atoms with Crippen molar-refractivity contribution in [2.24, 2.45) is 0 Å². The molecule has 0 N–H and O–H groups in total. The molecule has 7 heteroatoms. The van der Waals surface area contributed by atoms with Gasteiger partial charge in [0.15, 0.2) is 6.10 Å². The van der Waals surface area contributed by atoms with Crippen molar-refractivity contribution in [1.82, 2.24) is 10.2 Å². The summed E-state index contributed by atoms with van der Waals surface area (Å²) < 4.78 is 16.3. The third-order valence-electron chi connectivity index (χ3n) is 3.21. The lowest BCUT2D eigenvalue weighted by Gasteiger charge is -2.10. The lowest BCUT2D eigenvalue weighted by molar-refractivity contribution is 0.0280. The maximum atomic E-state index is 12.2. The molecule has 3 aromatic rings. The van der Waals surface area contributed by atoms with E-state index < -0.39 is 12.1 Å². The van der Waals surface area contributed by atoms with Crippen molar-refractivity contribution in [3.63, 3.8) is 0 Å². The maximum absolute atomic E-state index is 12.2. The average molecular weight is 344 g/mol. The molecule has 1 aromatic carbocycles. The molecule has 0 fully saturated rings. The highest BCUT2D eigenvalue weighted by Crippen LogP contribution is 2.26. The van der Waals surface area contributed by atoms with Gasteiger partial charge in [0.25, 0.3) is 11.8 Å². The summed E-state index contributed by atoms with van der Waals surface area (Å²) in [5.41, 5.74) is 0.434. The topological polar surface area (TPSA) is 74.5 Å². The Labute approximate surface area is 143 Å². The number of hydrogen-bond donors (Lipinski definition) is 0. The quantitative estimate of drug-likeness (QED) is 0.626. The van der Waals surface area contributed by atoms with Crippen molar-refractivity contribution in [1.29, 1.82) is 0 Å². The molecule has 0 aliphatic rings. The Morgan fingerprint density at radius 2 is 2.04 bits per heavy atom. The van der Waals surface area contributed by atoms with Gasteiger partial charge in [-0.25, -0.2) is 4.79 Å². The largest absolute Gasteiger partial charge is 0.494 e. The Bertz CT molecular complexity index is 796. The number of hydrogen-bond acceptors (Lipinski definition) is 7. The van der Waals surface area contributed by atoms with Crippen LogP contribution in [-0.2, 0) is 4.74 Å². The SMILES string of the molecule is CCOc1ccc(C(=O)O[C@H](C)c2nnc(-c3cccs3)o2)cc1. The number of thiophene rings is 1. The van der Waals surface area contributed by atoms with Crippen LogP contribution < -0.4 is 4.74 Å². The lowest BCUT2D eigenvalue weighted by Crippen LogP contribution is -2.09. The smallest absolute Gasteiger partial charge is 0.338 e. The molecule has 0 spiro atoms. The fourth-order valence-electron chi connectivity index (χ4n) is 2.03. The Morgan fingerprint density at radius 1 is 1.25 bits per heavy atom. The summed E-state index contributed by atoms with van der Waals surface area (Å²) in [5.74, 6) is 0.933. The van der Waals surface area contributed by atoms with Crippen LogP contribution >= 0.6 is 11.3 Å². The second-order valence-corrected chi connectivity index (χ2v) is 5.88. The Balaban J connectivity index is 1.65.